The summed E-state index contributed by atoms with van der Waals surface area (Å²) in [6, 6.07) is 13.1. The molecule has 10 heteroatoms. The Balaban J connectivity index is 1.54. The van der Waals surface area contributed by atoms with Gasteiger partial charge in [-0.3, -0.25) is 14.1 Å². The van der Waals surface area contributed by atoms with Crippen molar-refractivity contribution in [2.75, 3.05) is 24.6 Å². The molecule has 2 aliphatic rings. The van der Waals surface area contributed by atoms with Gasteiger partial charge in [0.25, 0.3) is 16.6 Å². The Hall–Kier alpha value is -4.28. The first-order valence-electron chi connectivity index (χ1n) is 15.9. The second kappa shape index (κ2) is 15.1. The average Bonchev–Trinajstić information content (AvgIpc) is 3.36. The third kappa shape index (κ3) is 8.18. The molecule has 0 unspecified atom stereocenters. The molecule has 0 radical (unpaired) electrons. The van der Waals surface area contributed by atoms with Gasteiger partial charge in [0, 0.05) is 53.9 Å². The zero-order valence-corrected chi connectivity index (χ0v) is 28.4. The molecule has 250 valence electrons. The van der Waals surface area contributed by atoms with E-state index in [1.165, 1.54) is 29.1 Å². The molecule has 2 heterocycles. The summed E-state index contributed by atoms with van der Waals surface area (Å²) in [7, 11) is -4.36. The number of carboxylic acid groups (broad SMARTS) is 1. The molecule has 2 aromatic rings. The second-order valence-electron chi connectivity index (χ2n) is 12.8. The number of para-hydroxylation sites is 1. The molecule has 0 saturated carbocycles. The Morgan fingerprint density at radius 3 is 2.36 bits per heavy atom. The van der Waals surface area contributed by atoms with E-state index in [1.54, 1.807) is 6.07 Å². The van der Waals surface area contributed by atoms with Gasteiger partial charge < -0.3 is 14.7 Å². The van der Waals surface area contributed by atoms with E-state index < -0.39 is 21.5 Å². The number of hydrogen-bond acceptors (Lipinski definition) is 6. The van der Waals surface area contributed by atoms with Crippen molar-refractivity contribution in [2.24, 2.45) is 0 Å². The van der Waals surface area contributed by atoms with E-state index in [4.69, 9.17) is 9.84 Å². The van der Waals surface area contributed by atoms with E-state index in [0.29, 0.717) is 32.5 Å². The molecule has 0 fully saturated rings. The zero-order valence-electron chi connectivity index (χ0n) is 27.6. The number of aliphatic carboxylic acids is 1. The Labute approximate surface area is 278 Å². The lowest BCUT2D eigenvalue weighted by Gasteiger charge is -2.27. The van der Waals surface area contributed by atoms with Crippen LogP contribution in [0.5, 0.6) is 0 Å². The number of rotatable bonds is 16. The van der Waals surface area contributed by atoms with E-state index in [1.807, 2.05) is 50.3 Å². The number of unbranched alkanes of at least 4 members (excludes halogenated alkanes) is 2. The van der Waals surface area contributed by atoms with Crippen LogP contribution in [0.3, 0.4) is 0 Å². The smallest absolute Gasteiger partial charge is 0.303 e. The quantitative estimate of drug-likeness (QED) is 0.0657. The van der Waals surface area contributed by atoms with E-state index in [-0.39, 0.29) is 16.7 Å². The largest absolute Gasteiger partial charge is 0.481 e. The van der Waals surface area contributed by atoms with Gasteiger partial charge in [-0.1, -0.05) is 62.4 Å². The number of carbonyl (C=O) groups excluding carboxylic acids is 1. The van der Waals surface area contributed by atoms with Gasteiger partial charge in [-0.2, -0.15) is 13.0 Å². The van der Waals surface area contributed by atoms with Crippen LogP contribution in [0.2, 0.25) is 0 Å². The molecular formula is C37H45N2O7S+. The maximum Gasteiger partial charge on any atom is 0.303 e. The fraction of sp³-hybridized carbons (Fsp3) is 0.378. The number of carboxylic acids is 1. The van der Waals surface area contributed by atoms with E-state index >= 15 is 0 Å². The summed E-state index contributed by atoms with van der Waals surface area (Å²) >= 11 is 0. The minimum absolute atomic E-state index is 0.0829. The Bertz CT molecular complexity index is 1750. The summed E-state index contributed by atoms with van der Waals surface area (Å²) in [5.41, 5.74) is 5.50. The third-order valence-electron chi connectivity index (χ3n) is 8.90. The Morgan fingerprint density at radius 2 is 1.64 bits per heavy atom. The first kappa shape index (κ1) is 35.6. The van der Waals surface area contributed by atoms with Crippen LogP contribution in [-0.4, -0.2) is 60.5 Å². The standard InChI is InChI=1S/C37H44N2O7S/c1-36(2)29-16-10-11-17-31(29)38(24-14-15-25-46-27-40)33(36)18-8-6-5-7-9-19-34-37(3,4)30-26-28(47(43,44)45)21-22-32(30)39(34)23-13-12-20-35(41)42/h5-11,16-19,21-22,26-27H,12-15,20,23-25H2,1-4H3,(H-,41,42,43,44,45)/p+1. The summed E-state index contributed by atoms with van der Waals surface area (Å²) in [4.78, 5) is 23.5. The monoisotopic (exact) mass is 661 g/mol. The number of benzene rings is 2. The maximum atomic E-state index is 11.9. The lowest BCUT2D eigenvalue weighted by molar-refractivity contribution is -0.438. The molecule has 0 amide bonds. The highest BCUT2D eigenvalue weighted by atomic mass is 32.2. The van der Waals surface area contributed by atoms with Gasteiger partial charge in [0.05, 0.1) is 16.9 Å². The topological polar surface area (TPSA) is 124 Å². The van der Waals surface area contributed by atoms with Crippen molar-refractivity contribution in [3.8, 4) is 0 Å². The highest BCUT2D eigenvalue weighted by Crippen LogP contribution is 2.48. The van der Waals surface area contributed by atoms with Crippen LogP contribution in [0, 0.1) is 0 Å². The molecule has 2 aromatic carbocycles. The van der Waals surface area contributed by atoms with Crippen LogP contribution in [0.4, 0.5) is 11.4 Å². The number of anilines is 1. The summed E-state index contributed by atoms with van der Waals surface area (Å²) in [5.74, 6) is -0.835. The van der Waals surface area contributed by atoms with Crippen molar-refractivity contribution < 1.29 is 37.0 Å². The van der Waals surface area contributed by atoms with Crippen molar-refractivity contribution in [1.82, 2.24) is 0 Å². The molecule has 2 N–H and O–H groups in total. The molecular weight excluding hydrogens is 616 g/mol. The molecule has 0 aliphatic carbocycles. The van der Waals surface area contributed by atoms with Crippen molar-refractivity contribution in [3.05, 3.63) is 102 Å². The highest BCUT2D eigenvalue weighted by molar-refractivity contribution is 7.85. The van der Waals surface area contributed by atoms with Crippen LogP contribution in [0.15, 0.2) is 95.6 Å². The molecule has 0 spiro atoms. The van der Waals surface area contributed by atoms with Gasteiger partial charge in [0.2, 0.25) is 5.69 Å². The fourth-order valence-electron chi connectivity index (χ4n) is 6.47. The summed E-state index contributed by atoms with van der Waals surface area (Å²) in [6.45, 7) is 10.8. The third-order valence-corrected chi connectivity index (χ3v) is 9.75. The SMILES string of the molecule is CC1(C)C(/C=C/C=C/C=C/C=C2/N(CCCCC(=O)O)c3ccc(S(=O)(=O)O)cc3C2(C)C)=[N+](CCCCOC=O)c2ccccc21. The molecule has 47 heavy (non-hydrogen) atoms. The van der Waals surface area contributed by atoms with Crippen LogP contribution in [0.25, 0.3) is 0 Å². The van der Waals surface area contributed by atoms with Gasteiger partial charge in [0.15, 0.2) is 5.71 Å². The molecule has 0 saturated heterocycles. The van der Waals surface area contributed by atoms with Gasteiger partial charge >= 0.3 is 5.97 Å². The Morgan fingerprint density at radius 1 is 0.915 bits per heavy atom. The summed E-state index contributed by atoms with van der Waals surface area (Å²) in [5, 5.41) is 9.07. The number of allylic oxidation sites excluding steroid dienone is 8. The van der Waals surface area contributed by atoms with Crippen LogP contribution in [0.1, 0.15) is 70.9 Å². The van der Waals surface area contributed by atoms with Crippen molar-refractivity contribution in [3.63, 3.8) is 0 Å². The maximum absolute atomic E-state index is 11.9. The molecule has 2 aliphatic heterocycles. The lowest BCUT2D eigenvalue weighted by Crippen LogP contribution is -2.27. The number of fused-ring (bicyclic) bond motifs is 2. The van der Waals surface area contributed by atoms with Crippen molar-refractivity contribution in [1.29, 1.82) is 0 Å². The second-order valence-corrected chi connectivity index (χ2v) is 14.2. The van der Waals surface area contributed by atoms with Crippen LogP contribution in [-0.2, 0) is 35.3 Å². The highest BCUT2D eigenvalue weighted by Gasteiger charge is 2.44. The Kier molecular flexibility index (Phi) is 11.4. The molecule has 4 rings (SSSR count). The van der Waals surface area contributed by atoms with E-state index in [2.05, 4.69) is 53.7 Å². The van der Waals surface area contributed by atoms with Gasteiger partial charge in [-0.25, -0.2) is 0 Å². The van der Waals surface area contributed by atoms with Gasteiger partial charge in [-0.15, -0.1) is 0 Å². The number of hydrogen-bond donors (Lipinski definition) is 2. The molecule has 9 nitrogen and oxygen atoms in total. The fourth-order valence-corrected chi connectivity index (χ4v) is 6.98. The van der Waals surface area contributed by atoms with E-state index in [0.717, 1.165) is 36.3 Å². The minimum Gasteiger partial charge on any atom is -0.481 e. The minimum atomic E-state index is -4.36. The number of ether oxygens (including phenoxy) is 1. The van der Waals surface area contributed by atoms with Gasteiger partial charge in [0.1, 0.15) is 6.54 Å². The predicted octanol–water partition coefficient (Wildman–Crippen LogP) is 6.87. The zero-order chi connectivity index (χ0) is 34.2. The predicted molar refractivity (Wildman–Crippen MR) is 184 cm³/mol. The average molecular weight is 662 g/mol. The van der Waals surface area contributed by atoms with Crippen LogP contribution >= 0.6 is 0 Å². The lowest BCUT2D eigenvalue weighted by atomic mass is 9.81. The van der Waals surface area contributed by atoms with Crippen molar-refractivity contribution >= 4 is 39.6 Å². The normalized spacial score (nSPS) is 17.7. The summed E-state index contributed by atoms with van der Waals surface area (Å²) in [6.07, 6.45) is 16.9. The van der Waals surface area contributed by atoms with Crippen molar-refractivity contribution in [2.45, 2.75) is 75.5 Å². The molecule has 0 atom stereocenters. The summed E-state index contributed by atoms with van der Waals surface area (Å²) < 4.78 is 40.6. The molecule has 0 aromatic heterocycles. The first-order valence-corrected chi connectivity index (χ1v) is 17.4. The molecule has 0 bridgehead atoms. The number of nitrogens with zero attached hydrogens (tertiary/aromatic N) is 2. The van der Waals surface area contributed by atoms with Crippen LogP contribution < -0.4 is 4.90 Å². The first-order chi connectivity index (χ1) is 22.3. The number of carbonyl (C=O) groups is 2. The van der Waals surface area contributed by atoms with Gasteiger partial charge in [-0.05, 0) is 62.9 Å². The van der Waals surface area contributed by atoms with E-state index in [9.17, 15) is 22.6 Å².